The molecule has 1 saturated heterocycles. The first kappa shape index (κ1) is 12.9. The zero-order valence-electron chi connectivity index (χ0n) is 11.1. The largest absolute Gasteiger partial charge is 0.373 e. The van der Waals surface area contributed by atoms with Crippen molar-refractivity contribution in [1.82, 2.24) is 9.88 Å². The second-order valence-electron chi connectivity index (χ2n) is 4.83. The molecule has 0 aromatic carbocycles. The van der Waals surface area contributed by atoms with E-state index in [1.165, 1.54) is 6.42 Å². The van der Waals surface area contributed by atoms with E-state index in [-0.39, 0.29) is 5.91 Å². The molecule has 1 aliphatic heterocycles. The molecule has 1 atom stereocenters. The molecule has 0 aliphatic carbocycles. The predicted octanol–water partition coefficient (Wildman–Crippen LogP) is 2.39. The lowest BCUT2D eigenvalue weighted by atomic mass is 9.95. The highest BCUT2D eigenvalue weighted by Crippen LogP contribution is 2.20. The van der Waals surface area contributed by atoms with Crippen LogP contribution in [0.25, 0.3) is 0 Å². The van der Waals surface area contributed by atoms with Gasteiger partial charge in [-0.15, -0.1) is 0 Å². The van der Waals surface area contributed by atoms with E-state index in [1.54, 1.807) is 6.07 Å². The molecule has 1 aromatic heterocycles. The first-order valence-corrected chi connectivity index (χ1v) is 6.68. The molecule has 0 saturated carbocycles. The van der Waals surface area contributed by atoms with Gasteiger partial charge in [0, 0.05) is 20.1 Å². The number of carbonyl (C=O) groups excluding carboxylic acids is 1. The third kappa shape index (κ3) is 2.81. The molecule has 4 heteroatoms. The van der Waals surface area contributed by atoms with E-state index in [0.29, 0.717) is 11.6 Å². The fourth-order valence-corrected chi connectivity index (χ4v) is 2.44. The van der Waals surface area contributed by atoms with E-state index in [0.717, 1.165) is 31.7 Å². The summed E-state index contributed by atoms with van der Waals surface area (Å²) in [5, 5.41) is 2.96. The maximum atomic E-state index is 12.4. The fourth-order valence-electron chi connectivity index (χ4n) is 2.44. The van der Waals surface area contributed by atoms with Crippen LogP contribution in [0.3, 0.4) is 0 Å². The van der Waals surface area contributed by atoms with Crippen LogP contribution < -0.4 is 5.32 Å². The van der Waals surface area contributed by atoms with Crippen LogP contribution in [0.2, 0.25) is 0 Å². The van der Waals surface area contributed by atoms with Crippen molar-refractivity contribution in [3.63, 3.8) is 0 Å². The summed E-state index contributed by atoms with van der Waals surface area (Å²) in [6.07, 6.45) is 3.49. The highest BCUT2D eigenvalue weighted by atomic mass is 16.2. The van der Waals surface area contributed by atoms with E-state index < -0.39 is 0 Å². The minimum absolute atomic E-state index is 0.0604. The number of nitrogens with one attached hydrogen (secondary N) is 1. The summed E-state index contributed by atoms with van der Waals surface area (Å²) in [6.45, 7) is 3.93. The number of anilines is 1. The second-order valence-corrected chi connectivity index (χ2v) is 4.83. The molecular weight excluding hydrogens is 226 g/mol. The van der Waals surface area contributed by atoms with Crippen LogP contribution in [0, 0.1) is 5.92 Å². The summed E-state index contributed by atoms with van der Waals surface area (Å²) in [6, 6.07) is 5.52. The predicted molar refractivity (Wildman–Crippen MR) is 72.7 cm³/mol. The zero-order valence-corrected chi connectivity index (χ0v) is 11.1. The van der Waals surface area contributed by atoms with Gasteiger partial charge in [-0.25, -0.2) is 4.98 Å². The summed E-state index contributed by atoms with van der Waals surface area (Å²) in [5.41, 5.74) is 0.540. The van der Waals surface area contributed by atoms with Gasteiger partial charge in [-0.1, -0.05) is 19.4 Å². The van der Waals surface area contributed by atoms with Gasteiger partial charge in [0.2, 0.25) is 0 Å². The lowest BCUT2D eigenvalue weighted by Crippen LogP contribution is -2.40. The first-order chi connectivity index (χ1) is 8.74. The van der Waals surface area contributed by atoms with Crippen LogP contribution in [0.5, 0.6) is 0 Å². The molecule has 18 heavy (non-hydrogen) atoms. The monoisotopic (exact) mass is 247 g/mol. The number of piperidine rings is 1. The van der Waals surface area contributed by atoms with Gasteiger partial charge in [-0.05, 0) is 30.9 Å². The SMILES string of the molecule is CCC1CCCN(C(=O)c2cccc(NC)n2)C1. The van der Waals surface area contributed by atoms with Gasteiger partial charge < -0.3 is 10.2 Å². The van der Waals surface area contributed by atoms with Gasteiger partial charge in [0.25, 0.3) is 5.91 Å². The van der Waals surface area contributed by atoms with Gasteiger partial charge >= 0.3 is 0 Å². The van der Waals surface area contributed by atoms with E-state index in [1.807, 2.05) is 24.1 Å². The number of nitrogens with zero attached hydrogens (tertiary/aromatic N) is 2. The Morgan fingerprint density at radius 1 is 1.56 bits per heavy atom. The standard InChI is InChI=1S/C14H21N3O/c1-3-11-6-5-9-17(10-11)14(18)12-7-4-8-13(15-2)16-12/h4,7-8,11H,3,5-6,9-10H2,1-2H3,(H,15,16). The molecule has 2 rings (SSSR count). The van der Waals surface area contributed by atoms with Crippen LogP contribution >= 0.6 is 0 Å². The number of aromatic nitrogens is 1. The van der Waals surface area contributed by atoms with E-state index in [4.69, 9.17) is 0 Å². The average Bonchev–Trinajstić information content (AvgIpc) is 2.46. The minimum atomic E-state index is 0.0604. The Bertz CT molecular complexity index is 419. The maximum absolute atomic E-state index is 12.4. The highest BCUT2D eigenvalue weighted by molar-refractivity contribution is 5.92. The van der Waals surface area contributed by atoms with Crippen molar-refractivity contribution in [2.45, 2.75) is 26.2 Å². The van der Waals surface area contributed by atoms with Crippen LogP contribution in [-0.2, 0) is 0 Å². The number of likely N-dealkylation sites (tertiary alicyclic amines) is 1. The Balaban J connectivity index is 2.10. The fraction of sp³-hybridized carbons (Fsp3) is 0.571. The lowest BCUT2D eigenvalue weighted by Gasteiger charge is -2.32. The van der Waals surface area contributed by atoms with Crippen molar-refractivity contribution in [3.8, 4) is 0 Å². The summed E-state index contributed by atoms with van der Waals surface area (Å²) >= 11 is 0. The van der Waals surface area contributed by atoms with Crippen molar-refractivity contribution in [2.24, 2.45) is 5.92 Å². The van der Waals surface area contributed by atoms with Gasteiger partial charge in [-0.3, -0.25) is 4.79 Å². The molecule has 1 amide bonds. The molecule has 1 N–H and O–H groups in total. The maximum Gasteiger partial charge on any atom is 0.272 e. The first-order valence-electron chi connectivity index (χ1n) is 6.68. The van der Waals surface area contributed by atoms with Crippen molar-refractivity contribution in [3.05, 3.63) is 23.9 Å². The molecule has 1 aliphatic rings. The number of pyridine rings is 1. The molecule has 2 heterocycles. The summed E-state index contributed by atoms with van der Waals surface area (Å²) in [5.74, 6) is 1.45. The third-order valence-electron chi connectivity index (χ3n) is 3.61. The number of hydrogen-bond acceptors (Lipinski definition) is 3. The Labute approximate surface area is 108 Å². The van der Waals surface area contributed by atoms with Crippen molar-refractivity contribution in [2.75, 3.05) is 25.5 Å². The normalized spacial score (nSPS) is 19.7. The van der Waals surface area contributed by atoms with Crippen LogP contribution in [0.1, 0.15) is 36.7 Å². The highest BCUT2D eigenvalue weighted by Gasteiger charge is 2.24. The molecule has 98 valence electrons. The number of amides is 1. The Morgan fingerprint density at radius 3 is 3.11 bits per heavy atom. The van der Waals surface area contributed by atoms with Crippen molar-refractivity contribution in [1.29, 1.82) is 0 Å². The molecular formula is C14H21N3O. The Hall–Kier alpha value is -1.58. The topological polar surface area (TPSA) is 45.2 Å². The lowest BCUT2D eigenvalue weighted by molar-refractivity contribution is 0.0665. The molecule has 0 spiro atoms. The van der Waals surface area contributed by atoms with Gasteiger partial charge in [0.1, 0.15) is 11.5 Å². The zero-order chi connectivity index (χ0) is 13.0. The molecule has 0 bridgehead atoms. The minimum Gasteiger partial charge on any atom is -0.373 e. The Kier molecular flexibility index (Phi) is 4.18. The molecule has 1 unspecified atom stereocenters. The average molecular weight is 247 g/mol. The van der Waals surface area contributed by atoms with Gasteiger partial charge in [0.15, 0.2) is 0 Å². The quantitative estimate of drug-likeness (QED) is 0.892. The van der Waals surface area contributed by atoms with E-state index in [2.05, 4.69) is 17.2 Å². The molecule has 0 radical (unpaired) electrons. The number of hydrogen-bond donors (Lipinski definition) is 1. The molecule has 1 aromatic rings. The van der Waals surface area contributed by atoms with Crippen molar-refractivity contribution < 1.29 is 4.79 Å². The number of carbonyl (C=O) groups is 1. The van der Waals surface area contributed by atoms with Gasteiger partial charge in [0.05, 0.1) is 0 Å². The molecule has 4 nitrogen and oxygen atoms in total. The second kappa shape index (κ2) is 5.85. The van der Waals surface area contributed by atoms with Crippen molar-refractivity contribution >= 4 is 11.7 Å². The summed E-state index contributed by atoms with van der Waals surface area (Å²) in [7, 11) is 1.81. The van der Waals surface area contributed by atoms with Crippen LogP contribution in [0.15, 0.2) is 18.2 Å². The van der Waals surface area contributed by atoms with Crippen LogP contribution in [-0.4, -0.2) is 35.9 Å². The smallest absolute Gasteiger partial charge is 0.272 e. The number of rotatable bonds is 3. The van der Waals surface area contributed by atoms with E-state index >= 15 is 0 Å². The molecule has 1 fully saturated rings. The van der Waals surface area contributed by atoms with E-state index in [9.17, 15) is 4.79 Å². The third-order valence-corrected chi connectivity index (χ3v) is 3.61. The van der Waals surface area contributed by atoms with Crippen LogP contribution in [0.4, 0.5) is 5.82 Å². The van der Waals surface area contributed by atoms with Gasteiger partial charge in [-0.2, -0.15) is 0 Å². The Morgan fingerprint density at radius 2 is 2.39 bits per heavy atom. The summed E-state index contributed by atoms with van der Waals surface area (Å²) < 4.78 is 0. The summed E-state index contributed by atoms with van der Waals surface area (Å²) in [4.78, 5) is 18.6.